The quantitative estimate of drug-likeness (QED) is 0.901. The molecule has 5 heteroatoms. The van der Waals surface area contributed by atoms with Crippen molar-refractivity contribution in [2.24, 2.45) is 0 Å². The van der Waals surface area contributed by atoms with E-state index in [9.17, 15) is 4.79 Å². The lowest BCUT2D eigenvalue weighted by molar-refractivity contribution is 0.0755. The van der Waals surface area contributed by atoms with Crippen molar-refractivity contribution in [3.8, 4) is 0 Å². The molecule has 0 atom stereocenters. The van der Waals surface area contributed by atoms with Crippen molar-refractivity contribution in [3.05, 3.63) is 51.2 Å². The fourth-order valence-electron chi connectivity index (χ4n) is 2.01. The van der Waals surface area contributed by atoms with Crippen LogP contribution in [0.25, 0.3) is 0 Å². The second-order valence-electron chi connectivity index (χ2n) is 4.32. The molecular formula is C15H17ClN2OS. The fraction of sp³-hybridized carbons (Fsp3) is 0.267. The number of hydrogen-bond donors (Lipinski definition) is 1. The Morgan fingerprint density at radius 1 is 1.30 bits per heavy atom. The molecule has 106 valence electrons. The highest BCUT2D eigenvalue weighted by molar-refractivity contribution is 7.16. The number of benzene rings is 1. The highest BCUT2D eigenvalue weighted by Gasteiger charge is 2.17. The van der Waals surface area contributed by atoms with Crippen LogP contribution in [0, 0.1) is 0 Å². The third-order valence-corrected chi connectivity index (χ3v) is 4.29. The zero-order valence-electron chi connectivity index (χ0n) is 11.5. The van der Waals surface area contributed by atoms with Crippen molar-refractivity contribution in [2.75, 3.05) is 18.9 Å². The summed E-state index contributed by atoms with van der Waals surface area (Å²) in [5.74, 6) is 0.0296. The Bertz CT molecular complexity index is 597. The van der Waals surface area contributed by atoms with Crippen molar-refractivity contribution in [1.29, 1.82) is 0 Å². The first kappa shape index (κ1) is 14.9. The van der Waals surface area contributed by atoms with E-state index in [4.69, 9.17) is 11.6 Å². The molecule has 1 aromatic carbocycles. The van der Waals surface area contributed by atoms with Gasteiger partial charge in [0, 0.05) is 24.2 Å². The summed E-state index contributed by atoms with van der Waals surface area (Å²) < 4.78 is 0.749. The summed E-state index contributed by atoms with van der Waals surface area (Å²) in [7, 11) is 1.82. The number of halogens is 1. The van der Waals surface area contributed by atoms with Gasteiger partial charge in [0.25, 0.3) is 5.91 Å². The molecule has 2 rings (SSSR count). The number of nitrogens with zero attached hydrogens (tertiary/aromatic N) is 1. The Morgan fingerprint density at radius 3 is 2.65 bits per heavy atom. The molecule has 1 amide bonds. The molecular weight excluding hydrogens is 292 g/mol. The van der Waals surface area contributed by atoms with Crippen LogP contribution in [-0.4, -0.2) is 24.4 Å². The van der Waals surface area contributed by atoms with E-state index in [1.54, 1.807) is 0 Å². The van der Waals surface area contributed by atoms with Gasteiger partial charge in [0.1, 0.15) is 0 Å². The van der Waals surface area contributed by atoms with Crippen LogP contribution in [0.3, 0.4) is 0 Å². The number of carbonyl (C=O) groups is 1. The lowest BCUT2D eigenvalue weighted by Gasteiger charge is -2.21. The summed E-state index contributed by atoms with van der Waals surface area (Å²) in [6.07, 6.45) is 0. The first-order valence-electron chi connectivity index (χ1n) is 6.46. The van der Waals surface area contributed by atoms with E-state index in [0.717, 1.165) is 14.9 Å². The zero-order valence-corrected chi connectivity index (χ0v) is 13.1. The number of thiophene rings is 1. The summed E-state index contributed by atoms with van der Waals surface area (Å²) in [4.78, 5) is 15.5. The van der Waals surface area contributed by atoms with Gasteiger partial charge in [-0.15, -0.1) is 11.3 Å². The number of nitrogens with one attached hydrogen (secondary N) is 1. The zero-order chi connectivity index (χ0) is 14.5. The lowest BCUT2D eigenvalue weighted by atomic mass is 10.1. The Morgan fingerprint density at radius 2 is 2.05 bits per heavy atom. The number of carbonyl (C=O) groups excluding carboxylic acids is 1. The van der Waals surface area contributed by atoms with E-state index in [0.29, 0.717) is 18.7 Å². The van der Waals surface area contributed by atoms with Crippen LogP contribution in [0.4, 0.5) is 5.69 Å². The molecule has 0 radical (unpaired) electrons. The molecule has 0 spiro atoms. The molecule has 1 aromatic heterocycles. The molecule has 0 unspecified atom stereocenters. The Kier molecular flexibility index (Phi) is 5.04. The molecule has 1 N–H and O–H groups in total. The van der Waals surface area contributed by atoms with E-state index < -0.39 is 0 Å². The molecule has 0 fully saturated rings. The smallest absolute Gasteiger partial charge is 0.256 e. The van der Waals surface area contributed by atoms with Crippen LogP contribution in [0.5, 0.6) is 0 Å². The monoisotopic (exact) mass is 308 g/mol. The van der Waals surface area contributed by atoms with Crippen molar-refractivity contribution >= 4 is 34.5 Å². The summed E-state index contributed by atoms with van der Waals surface area (Å²) in [6, 6.07) is 11.4. The summed E-state index contributed by atoms with van der Waals surface area (Å²) in [5.41, 5.74) is 1.54. The number of para-hydroxylation sites is 1. The molecule has 0 saturated carbocycles. The third-order valence-electron chi connectivity index (χ3n) is 3.07. The maximum absolute atomic E-state index is 12.6. The minimum atomic E-state index is 0.0296. The van der Waals surface area contributed by atoms with E-state index in [2.05, 4.69) is 5.32 Å². The third kappa shape index (κ3) is 3.32. The predicted molar refractivity (Wildman–Crippen MR) is 85.7 cm³/mol. The van der Waals surface area contributed by atoms with E-state index in [1.165, 1.54) is 11.3 Å². The van der Waals surface area contributed by atoms with Crippen molar-refractivity contribution in [3.63, 3.8) is 0 Å². The summed E-state index contributed by atoms with van der Waals surface area (Å²) in [5, 5.41) is 3.06. The van der Waals surface area contributed by atoms with Gasteiger partial charge in [-0.2, -0.15) is 0 Å². The lowest BCUT2D eigenvalue weighted by Crippen LogP contribution is -2.30. The maximum Gasteiger partial charge on any atom is 0.256 e. The number of hydrogen-bond acceptors (Lipinski definition) is 3. The first-order valence-corrected chi connectivity index (χ1v) is 7.65. The fourth-order valence-corrected chi connectivity index (χ4v) is 3.11. The maximum atomic E-state index is 12.6. The highest BCUT2D eigenvalue weighted by atomic mass is 35.5. The molecule has 0 aliphatic rings. The van der Waals surface area contributed by atoms with E-state index >= 15 is 0 Å². The molecule has 0 bridgehead atoms. The molecule has 3 nitrogen and oxygen atoms in total. The topological polar surface area (TPSA) is 32.3 Å². The van der Waals surface area contributed by atoms with Crippen LogP contribution < -0.4 is 5.32 Å². The SMILES string of the molecule is CCN(Cc1ccc(Cl)s1)C(=O)c1ccccc1NC. The molecule has 0 saturated heterocycles. The molecule has 0 aliphatic heterocycles. The van der Waals surface area contributed by atoms with Gasteiger partial charge in [-0.05, 0) is 31.2 Å². The minimum absolute atomic E-state index is 0.0296. The van der Waals surface area contributed by atoms with Crippen LogP contribution in [0.1, 0.15) is 22.2 Å². The molecule has 20 heavy (non-hydrogen) atoms. The average molecular weight is 309 g/mol. The van der Waals surface area contributed by atoms with Gasteiger partial charge in [-0.25, -0.2) is 0 Å². The normalized spacial score (nSPS) is 10.3. The largest absolute Gasteiger partial charge is 0.387 e. The van der Waals surface area contributed by atoms with Crippen LogP contribution >= 0.6 is 22.9 Å². The Labute approximate surface area is 128 Å². The molecule has 2 aromatic rings. The van der Waals surface area contributed by atoms with Crippen molar-refractivity contribution in [2.45, 2.75) is 13.5 Å². The highest BCUT2D eigenvalue weighted by Crippen LogP contribution is 2.24. The van der Waals surface area contributed by atoms with Crippen LogP contribution in [0.2, 0.25) is 4.34 Å². The van der Waals surface area contributed by atoms with Crippen LogP contribution in [-0.2, 0) is 6.54 Å². The van der Waals surface area contributed by atoms with Gasteiger partial charge in [0.05, 0.1) is 16.4 Å². The van der Waals surface area contributed by atoms with E-state index in [-0.39, 0.29) is 5.91 Å². The van der Waals surface area contributed by atoms with Crippen molar-refractivity contribution < 1.29 is 4.79 Å². The molecule has 1 heterocycles. The average Bonchev–Trinajstić information content (AvgIpc) is 2.89. The second kappa shape index (κ2) is 6.77. The summed E-state index contributed by atoms with van der Waals surface area (Å²) in [6.45, 7) is 3.23. The minimum Gasteiger partial charge on any atom is -0.387 e. The number of rotatable bonds is 5. The van der Waals surface area contributed by atoms with Gasteiger partial charge in [-0.3, -0.25) is 4.79 Å². The van der Waals surface area contributed by atoms with Crippen molar-refractivity contribution in [1.82, 2.24) is 4.90 Å². The first-order chi connectivity index (χ1) is 9.65. The summed E-state index contributed by atoms with van der Waals surface area (Å²) >= 11 is 7.45. The van der Waals surface area contributed by atoms with Gasteiger partial charge < -0.3 is 10.2 Å². The predicted octanol–water partition coefficient (Wildman–Crippen LogP) is 4.11. The molecule has 0 aliphatic carbocycles. The van der Waals surface area contributed by atoms with Gasteiger partial charge in [0.15, 0.2) is 0 Å². The second-order valence-corrected chi connectivity index (χ2v) is 6.12. The standard InChI is InChI=1S/C15H17ClN2OS/c1-3-18(10-11-8-9-14(16)20-11)15(19)12-6-4-5-7-13(12)17-2/h4-9,17H,3,10H2,1-2H3. The Balaban J connectivity index is 2.20. The van der Waals surface area contributed by atoms with Gasteiger partial charge in [0.2, 0.25) is 0 Å². The van der Waals surface area contributed by atoms with Gasteiger partial charge in [-0.1, -0.05) is 23.7 Å². The van der Waals surface area contributed by atoms with E-state index in [1.807, 2.05) is 55.3 Å². The van der Waals surface area contributed by atoms with Crippen LogP contribution in [0.15, 0.2) is 36.4 Å². The Hall–Kier alpha value is -1.52. The number of anilines is 1. The van der Waals surface area contributed by atoms with Gasteiger partial charge >= 0.3 is 0 Å². The number of amides is 1.